The maximum absolute atomic E-state index is 11.3. The molecule has 8 nitrogen and oxygen atoms in total. The molecule has 0 saturated heterocycles. The van der Waals surface area contributed by atoms with Crippen LogP contribution in [0.5, 0.6) is 0 Å². The van der Waals surface area contributed by atoms with Gasteiger partial charge in [-0.1, -0.05) is 146 Å². The van der Waals surface area contributed by atoms with Crippen LogP contribution in [-0.4, -0.2) is 26.9 Å². The molecule has 0 aromatic rings. The van der Waals surface area contributed by atoms with Crippen LogP contribution in [0.25, 0.3) is 0 Å². The number of rotatable bonds is 14. The zero-order chi connectivity index (χ0) is 37.9. The van der Waals surface area contributed by atoms with Gasteiger partial charge in [-0.25, -0.2) is 4.57 Å². The lowest BCUT2D eigenvalue weighted by Gasteiger charge is -2.38. The number of phosphoric ester groups is 2. The molecule has 0 fully saturated rings. The van der Waals surface area contributed by atoms with Gasteiger partial charge in [-0.05, 0) is 89.2 Å². The lowest BCUT2D eigenvalue weighted by atomic mass is 9.71. The van der Waals surface area contributed by atoms with Crippen molar-refractivity contribution < 1.29 is 37.8 Å². The van der Waals surface area contributed by atoms with Crippen molar-refractivity contribution >= 4 is 15.6 Å². The van der Waals surface area contributed by atoms with E-state index < -0.39 is 27.9 Å². The third kappa shape index (κ3) is 16.1. The number of phosphoric acid groups is 2. The Labute approximate surface area is 300 Å². The summed E-state index contributed by atoms with van der Waals surface area (Å²) < 4.78 is 32.4. The van der Waals surface area contributed by atoms with Crippen LogP contribution in [0.3, 0.4) is 0 Å². The smallest absolute Gasteiger partial charge is 0.469 e. The Balaban J connectivity index is 1.94. The molecule has 0 heterocycles. The molecule has 2 rings (SSSR count). The molecule has 10 heteroatoms. The van der Waals surface area contributed by atoms with Crippen LogP contribution in [-0.2, 0) is 18.2 Å². The summed E-state index contributed by atoms with van der Waals surface area (Å²) in [5.41, 5.74) is 8.28. The van der Waals surface area contributed by atoms with Gasteiger partial charge in [0.05, 0.1) is 12.2 Å². The van der Waals surface area contributed by atoms with Crippen molar-refractivity contribution in [2.75, 3.05) is 0 Å². The Kier molecular flexibility index (Phi) is 16.3. The SMILES string of the molecule is CC1=C(/C=C/C(C)=C/C=C/C(C)=C/C=C/C=C(C)/C=C/C=C(C)/C=C/C2=C(C)CC(OP(=O)(O)O)CC2(C)C)C(C)(C)CC(OP(=O)([O-])O)C1. The molecule has 0 aromatic heterocycles. The van der Waals surface area contributed by atoms with Crippen LogP contribution in [0, 0.1) is 10.8 Å². The van der Waals surface area contributed by atoms with Crippen molar-refractivity contribution in [3.05, 3.63) is 130 Å². The molecule has 0 bridgehead atoms. The zero-order valence-electron chi connectivity index (χ0n) is 31.3. The van der Waals surface area contributed by atoms with Gasteiger partial charge >= 0.3 is 7.82 Å². The minimum absolute atomic E-state index is 0.262. The van der Waals surface area contributed by atoms with Gasteiger partial charge in [0.2, 0.25) is 0 Å². The fourth-order valence-electron chi connectivity index (χ4n) is 6.60. The van der Waals surface area contributed by atoms with Crippen molar-refractivity contribution in [3.63, 3.8) is 0 Å². The van der Waals surface area contributed by atoms with E-state index in [0.29, 0.717) is 25.7 Å². The molecule has 3 N–H and O–H groups in total. The second-order valence-corrected chi connectivity index (χ2v) is 17.1. The lowest BCUT2D eigenvalue weighted by molar-refractivity contribution is -0.224. The number of hydrogen-bond donors (Lipinski definition) is 3. The quantitative estimate of drug-likeness (QED) is 0.119. The van der Waals surface area contributed by atoms with Crippen LogP contribution in [0.1, 0.15) is 94.9 Å². The van der Waals surface area contributed by atoms with Crippen molar-refractivity contribution in [2.45, 2.75) is 107 Å². The van der Waals surface area contributed by atoms with Gasteiger partial charge in [-0.15, -0.1) is 0 Å². The highest BCUT2D eigenvalue weighted by atomic mass is 31.2. The first-order valence-electron chi connectivity index (χ1n) is 16.9. The molecule has 2 aliphatic carbocycles. The average molecular weight is 728 g/mol. The summed E-state index contributed by atoms with van der Waals surface area (Å²) in [6.45, 7) is 20.4. The predicted molar refractivity (Wildman–Crippen MR) is 204 cm³/mol. The molecule has 276 valence electrons. The Morgan fingerprint density at radius 2 is 0.980 bits per heavy atom. The maximum Gasteiger partial charge on any atom is 0.469 e. The van der Waals surface area contributed by atoms with Gasteiger partial charge in [0, 0.05) is 0 Å². The molecule has 0 radical (unpaired) electrons. The van der Waals surface area contributed by atoms with E-state index in [1.165, 1.54) is 5.57 Å². The van der Waals surface area contributed by atoms with E-state index in [-0.39, 0.29) is 10.8 Å². The van der Waals surface area contributed by atoms with E-state index >= 15 is 0 Å². The van der Waals surface area contributed by atoms with Gasteiger partial charge in [0.25, 0.3) is 7.82 Å². The Hall–Kier alpha value is -2.64. The summed E-state index contributed by atoms with van der Waals surface area (Å²) >= 11 is 0. The zero-order valence-corrected chi connectivity index (χ0v) is 33.1. The fraction of sp³-hybridized carbons (Fsp3) is 0.450. The van der Waals surface area contributed by atoms with Crippen molar-refractivity contribution in [1.82, 2.24) is 0 Å². The highest BCUT2D eigenvalue weighted by molar-refractivity contribution is 7.46. The lowest BCUT2D eigenvalue weighted by Crippen LogP contribution is -2.30. The highest BCUT2D eigenvalue weighted by Gasteiger charge is 2.36. The van der Waals surface area contributed by atoms with Gasteiger partial charge in [-0.2, -0.15) is 0 Å². The standard InChI is InChI=1S/C40H58O8P2/c1-29(17-13-19-31(3)21-23-37-33(5)25-35(27-39(37,7)8)47-49(41,42)43)15-11-12-16-30(2)18-14-20-32(4)22-24-38-34(6)26-36(28-40(38,9)10)48-50(44,45)46/h11-24,35-36H,25-28H2,1-10H3,(H2,41,42,43)(H2,44,45,46)/p-1/b12-11+,17-13+,18-14+,23-21+,24-22+,29-15+,30-16+,31-19+,32-20+. The van der Waals surface area contributed by atoms with Crippen LogP contribution >= 0.6 is 15.6 Å². The third-order valence-electron chi connectivity index (χ3n) is 8.78. The topological polar surface area (TPSA) is 136 Å². The number of allylic oxidation sites excluding steroid dienone is 20. The molecule has 50 heavy (non-hydrogen) atoms. The first-order chi connectivity index (χ1) is 23.0. The van der Waals surface area contributed by atoms with Gasteiger partial charge < -0.3 is 24.1 Å². The minimum Gasteiger partial charge on any atom is -0.756 e. The van der Waals surface area contributed by atoms with E-state index in [1.54, 1.807) is 0 Å². The second-order valence-electron chi connectivity index (χ2n) is 14.8. The molecule has 3 unspecified atom stereocenters. The monoisotopic (exact) mass is 727 g/mol. The maximum atomic E-state index is 11.3. The molecule has 0 spiro atoms. The summed E-state index contributed by atoms with van der Waals surface area (Å²) in [5.74, 6) is 0. The summed E-state index contributed by atoms with van der Waals surface area (Å²) in [7, 11) is -9.28. The summed E-state index contributed by atoms with van der Waals surface area (Å²) in [6.07, 6.45) is 29.6. The molecule has 0 aliphatic heterocycles. The molecular weight excluding hydrogens is 670 g/mol. The average Bonchev–Trinajstić information content (AvgIpc) is 2.91. The molecule has 0 aromatic carbocycles. The van der Waals surface area contributed by atoms with E-state index in [4.69, 9.17) is 13.9 Å². The molecule has 0 saturated carbocycles. The van der Waals surface area contributed by atoms with Crippen LogP contribution in [0.2, 0.25) is 0 Å². The molecule has 2 aliphatic rings. The summed E-state index contributed by atoms with van der Waals surface area (Å²) in [4.78, 5) is 38.7. The van der Waals surface area contributed by atoms with Gasteiger partial charge in [-0.3, -0.25) is 9.09 Å². The first kappa shape index (κ1) is 43.5. The van der Waals surface area contributed by atoms with Crippen molar-refractivity contribution in [3.8, 4) is 0 Å². The largest absolute Gasteiger partial charge is 0.756 e. The highest BCUT2D eigenvalue weighted by Crippen LogP contribution is 2.48. The minimum atomic E-state index is -4.77. The van der Waals surface area contributed by atoms with E-state index in [2.05, 4.69) is 64.2 Å². The first-order valence-corrected chi connectivity index (χ1v) is 19.9. The van der Waals surface area contributed by atoms with Crippen LogP contribution in [0.4, 0.5) is 0 Å². The molecule has 3 atom stereocenters. The second kappa shape index (κ2) is 18.7. The third-order valence-corrected chi connectivity index (χ3v) is 9.92. The van der Waals surface area contributed by atoms with Crippen molar-refractivity contribution in [1.29, 1.82) is 0 Å². The van der Waals surface area contributed by atoms with E-state index in [1.807, 2.05) is 90.2 Å². The Morgan fingerprint density at radius 3 is 1.32 bits per heavy atom. The van der Waals surface area contributed by atoms with E-state index in [9.17, 15) is 23.8 Å². The van der Waals surface area contributed by atoms with Crippen LogP contribution in [0.15, 0.2) is 130 Å². The summed E-state index contributed by atoms with van der Waals surface area (Å²) in [6, 6.07) is 0. The summed E-state index contributed by atoms with van der Waals surface area (Å²) in [5, 5.41) is 0. The fourth-order valence-corrected chi connectivity index (χ4v) is 7.66. The van der Waals surface area contributed by atoms with Gasteiger partial charge in [0.1, 0.15) is 0 Å². The molecule has 0 amide bonds. The normalized spacial score (nSPS) is 24.6. The Morgan fingerprint density at radius 1 is 0.640 bits per heavy atom. The molecular formula is C40H57O8P2-. The van der Waals surface area contributed by atoms with Crippen molar-refractivity contribution in [2.24, 2.45) is 10.8 Å². The van der Waals surface area contributed by atoms with Gasteiger partial charge in [0.15, 0.2) is 0 Å². The number of hydrogen-bond acceptors (Lipinski definition) is 5. The van der Waals surface area contributed by atoms with Crippen LogP contribution < -0.4 is 4.89 Å². The Bertz CT molecular complexity index is 1540. The van der Waals surface area contributed by atoms with E-state index in [0.717, 1.165) is 39.0 Å². The predicted octanol–water partition coefficient (Wildman–Crippen LogP) is 10.1.